The van der Waals surface area contributed by atoms with E-state index in [9.17, 15) is 14.4 Å². The number of hydrogen-bond donors (Lipinski definition) is 3. The van der Waals surface area contributed by atoms with E-state index in [1.807, 2.05) is 65.1 Å². The van der Waals surface area contributed by atoms with Crippen molar-refractivity contribution in [3.8, 4) is 22.5 Å². The molecule has 17 nitrogen and oxygen atoms in total. The molecule has 5 aromatic heterocycles. The molecule has 3 saturated heterocycles. The first kappa shape index (κ1) is 41.6. The van der Waals surface area contributed by atoms with Crippen molar-refractivity contribution >= 4 is 46.2 Å². The van der Waals surface area contributed by atoms with Crippen molar-refractivity contribution in [2.24, 2.45) is 5.92 Å². The highest BCUT2D eigenvalue weighted by Gasteiger charge is 2.28. The molecular formula is C46H53N13O4. The lowest BCUT2D eigenvalue weighted by molar-refractivity contribution is -0.120. The molecular weight excluding hydrogens is 799 g/mol. The largest absolute Gasteiger partial charge is 0.357 e. The van der Waals surface area contributed by atoms with Gasteiger partial charge in [0.05, 0.1) is 23.6 Å². The molecule has 17 heteroatoms. The molecule has 0 spiro atoms. The Balaban J connectivity index is 0.768. The number of anilines is 3. The zero-order valence-electron chi connectivity index (χ0n) is 36.4. The van der Waals surface area contributed by atoms with E-state index in [4.69, 9.17) is 9.51 Å². The summed E-state index contributed by atoms with van der Waals surface area (Å²) in [6, 6.07) is 15.6. The second kappa shape index (κ2) is 17.2. The smallest absolute Gasteiger partial charge is 0.328 e. The van der Waals surface area contributed by atoms with Crippen molar-refractivity contribution in [3.63, 3.8) is 0 Å². The van der Waals surface area contributed by atoms with Crippen LogP contribution < -0.4 is 25.3 Å². The lowest BCUT2D eigenvalue weighted by Gasteiger charge is -2.39. The van der Waals surface area contributed by atoms with Crippen LogP contribution in [0.2, 0.25) is 0 Å². The van der Waals surface area contributed by atoms with Crippen molar-refractivity contribution in [1.29, 1.82) is 0 Å². The zero-order chi connectivity index (χ0) is 43.8. The number of aromatic amines is 1. The summed E-state index contributed by atoms with van der Waals surface area (Å²) in [7, 11) is 0. The van der Waals surface area contributed by atoms with Crippen LogP contribution in [0.5, 0.6) is 0 Å². The number of H-pyrrole nitrogens is 1. The second-order valence-corrected chi connectivity index (χ2v) is 17.9. The van der Waals surface area contributed by atoms with Gasteiger partial charge in [-0.25, -0.2) is 24.7 Å². The van der Waals surface area contributed by atoms with Crippen LogP contribution in [-0.4, -0.2) is 110 Å². The quantitative estimate of drug-likeness (QED) is 0.144. The maximum absolute atomic E-state index is 12.9. The van der Waals surface area contributed by atoms with Gasteiger partial charge in [0.2, 0.25) is 5.91 Å². The number of rotatable bonds is 10. The molecule has 63 heavy (non-hydrogen) atoms. The number of carbonyl (C=O) groups is 3. The fourth-order valence-electron chi connectivity index (χ4n) is 8.73. The van der Waals surface area contributed by atoms with Gasteiger partial charge in [-0.2, -0.15) is 4.98 Å². The van der Waals surface area contributed by atoms with Crippen molar-refractivity contribution < 1.29 is 18.9 Å². The summed E-state index contributed by atoms with van der Waals surface area (Å²) < 4.78 is 5.25. The van der Waals surface area contributed by atoms with Gasteiger partial charge < -0.3 is 24.6 Å². The third-order valence-electron chi connectivity index (χ3n) is 12.4. The molecule has 3 fully saturated rings. The number of nitrogens with zero attached hydrogens (tertiary/aromatic N) is 10. The summed E-state index contributed by atoms with van der Waals surface area (Å²) in [4.78, 5) is 72.1. The molecule has 1 atom stereocenters. The summed E-state index contributed by atoms with van der Waals surface area (Å²) >= 11 is 0. The Morgan fingerprint density at radius 1 is 0.873 bits per heavy atom. The van der Waals surface area contributed by atoms with Crippen LogP contribution in [-0.2, 0) is 10.2 Å². The molecule has 4 amide bonds. The number of piperidine rings is 1. The van der Waals surface area contributed by atoms with Crippen molar-refractivity contribution in [1.82, 2.24) is 50.6 Å². The number of hydrogen-bond acceptors (Lipinski definition) is 13. The van der Waals surface area contributed by atoms with E-state index < -0.39 is 11.9 Å². The molecule has 0 saturated carbocycles. The van der Waals surface area contributed by atoms with Gasteiger partial charge in [-0.1, -0.05) is 38.1 Å². The first-order valence-electron chi connectivity index (χ1n) is 21.7. The Kier molecular flexibility index (Phi) is 11.4. The normalized spacial score (nSPS) is 17.3. The monoisotopic (exact) mass is 851 g/mol. The molecule has 6 aromatic rings. The average molecular weight is 852 g/mol. The van der Waals surface area contributed by atoms with Crippen LogP contribution in [0.25, 0.3) is 33.5 Å². The maximum Gasteiger partial charge on any atom is 0.328 e. The van der Waals surface area contributed by atoms with Crippen LogP contribution in [0.1, 0.15) is 80.6 Å². The highest BCUT2D eigenvalue weighted by Crippen LogP contribution is 2.33. The SMILES string of the molecule is Cc1cc(-c2ncnc3[nH]c(-c4ccc(N5CCN(CC6CCN(c7ccc(N8CCC(=O)NC8=O)cn7)CC6)CC5)nc4)cc23)ccc1[C@@H](C)NC(=O)c1nc(C(C)(C)C)no1. The lowest BCUT2D eigenvalue weighted by atomic mass is 9.96. The minimum Gasteiger partial charge on any atom is -0.357 e. The number of piperazine rings is 1. The molecule has 3 aliphatic heterocycles. The molecule has 8 heterocycles. The maximum atomic E-state index is 12.9. The van der Waals surface area contributed by atoms with Gasteiger partial charge in [-0.3, -0.25) is 24.7 Å². The van der Waals surface area contributed by atoms with Gasteiger partial charge in [0, 0.05) is 92.6 Å². The number of imide groups is 1. The van der Waals surface area contributed by atoms with Crippen LogP contribution in [0, 0.1) is 12.8 Å². The minimum absolute atomic E-state index is 0.0513. The number of amides is 4. The fourth-order valence-corrected chi connectivity index (χ4v) is 8.73. The first-order chi connectivity index (χ1) is 30.4. The number of aryl methyl sites for hydroxylation is 1. The van der Waals surface area contributed by atoms with Crippen molar-refractivity contribution in [3.05, 3.63) is 90.1 Å². The number of pyridine rings is 2. The predicted molar refractivity (Wildman–Crippen MR) is 240 cm³/mol. The summed E-state index contributed by atoms with van der Waals surface area (Å²) in [5.41, 5.74) is 6.75. The summed E-state index contributed by atoms with van der Waals surface area (Å²) in [6.45, 7) is 17.1. The Labute approximate surface area is 365 Å². The van der Waals surface area contributed by atoms with E-state index in [0.717, 1.165) is 115 Å². The van der Waals surface area contributed by atoms with Crippen molar-refractivity contribution in [2.75, 3.05) is 67.1 Å². The zero-order valence-corrected chi connectivity index (χ0v) is 36.4. The Bertz CT molecular complexity index is 2620. The summed E-state index contributed by atoms with van der Waals surface area (Å²) in [5, 5.41) is 10.2. The van der Waals surface area contributed by atoms with Gasteiger partial charge in [-0.05, 0) is 80.1 Å². The standard InChI is InChI=1S/C46H53N13O4/c1-28-22-31(6-9-34(28)29(2)51-42(61)43-54-44(55-63-43)46(3,4)5)40-35-23-36(52-41(35)50-27-49-40)32-7-10-37(47-24-32)58-20-18-56(19-21-58)26-30-12-15-57(16-13-30)38-11-8-33(25-48-38)59-17-14-39(60)53-45(59)62/h6-11,22-25,27,29-30H,12-21,26H2,1-5H3,(H,51,61)(H,49,50,52)(H,53,60,62)/t29-/m1/s1. The summed E-state index contributed by atoms with van der Waals surface area (Å²) in [6.07, 6.45) is 7.74. The Morgan fingerprint density at radius 3 is 2.27 bits per heavy atom. The molecule has 326 valence electrons. The number of fused-ring (bicyclic) bond motifs is 1. The van der Waals surface area contributed by atoms with E-state index in [2.05, 4.69) is 79.7 Å². The number of urea groups is 1. The van der Waals surface area contributed by atoms with E-state index in [-0.39, 0.29) is 23.3 Å². The number of carbonyl (C=O) groups excluding carboxylic acids is 3. The second-order valence-electron chi connectivity index (χ2n) is 17.9. The van der Waals surface area contributed by atoms with Gasteiger partial charge in [0.1, 0.15) is 23.6 Å². The molecule has 0 radical (unpaired) electrons. The molecule has 9 rings (SSSR count). The van der Waals surface area contributed by atoms with E-state index in [1.165, 1.54) is 0 Å². The molecule has 1 aromatic carbocycles. The molecule has 0 unspecified atom stereocenters. The van der Waals surface area contributed by atoms with E-state index >= 15 is 0 Å². The molecule has 0 aliphatic carbocycles. The van der Waals surface area contributed by atoms with E-state index in [0.29, 0.717) is 30.4 Å². The topological polar surface area (TPSA) is 194 Å². The minimum atomic E-state index is -0.413. The van der Waals surface area contributed by atoms with Crippen LogP contribution >= 0.6 is 0 Å². The van der Waals surface area contributed by atoms with Gasteiger partial charge in [0.15, 0.2) is 5.82 Å². The fraction of sp³-hybridized carbons (Fsp3) is 0.413. The van der Waals surface area contributed by atoms with Gasteiger partial charge >= 0.3 is 17.8 Å². The van der Waals surface area contributed by atoms with Crippen LogP contribution in [0.15, 0.2) is 71.8 Å². The van der Waals surface area contributed by atoms with Gasteiger partial charge in [0.25, 0.3) is 0 Å². The number of aromatic nitrogens is 7. The third-order valence-corrected chi connectivity index (χ3v) is 12.4. The number of nitrogens with one attached hydrogen (secondary N) is 3. The van der Waals surface area contributed by atoms with Crippen molar-refractivity contribution in [2.45, 2.75) is 65.3 Å². The predicted octanol–water partition coefficient (Wildman–Crippen LogP) is 6.05. The van der Waals surface area contributed by atoms with Crippen LogP contribution in [0.4, 0.5) is 22.1 Å². The molecule has 3 N–H and O–H groups in total. The highest BCUT2D eigenvalue weighted by atomic mass is 16.5. The van der Waals surface area contributed by atoms with E-state index in [1.54, 1.807) is 17.4 Å². The highest BCUT2D eigenvalue weighted by molar-refractivity contribution is 6.05. The average Bonchev–Trinajstić information content (AvgIpc) is 3.97. The lowest BCUT2D eigenvalue weighted by Crippen LogP contribution is -2.49. The third kappa shape index (κ3) is 8.96. The Morgan fingerprint density at radius 2 is 1.60 bits per heavy atom. The summed E-state index contributed by atoms with van der Waals surface area (Å²) in [5.74, 6) is 2.32. The molecule has 3 aliphatic rings. The van der Waals surface area contributed by atoms with Crippen LogP contribution in [0.3, 0.4) is 0 Å². The van der Waals surface area contributed by atoms with Gasteiger partial charge in [-0.15, -0.1) is 0 Å². The Hall–Kier alpha value is -6.75. The number of benzene rings is 1. The first-order valence-corrected chi connectivity index (χ1v) is 21.7. The molecule has 0 bridgehead atoms.